The van der Waals surface area contributed by atoms with Crippen LogP contribution in [-0.2, 0) is 6.54 Å². The molecule has 0 spiro atoms. The van der Waals surface area contributed by atoms with Crippen molar-refractivity contribution in [3.8, 4) is 11.5 Å². The predicted octanol–water partition coefficient (Wildman–Crippen LogP) is 3.89. The molecule has 1 aliphatic rings. The van der Waals surface area contributed by atoms with Crippen LogP contribution in [0.1, 0.15) is 15.9 Å². The third-order valence-electron chi connectivity index (χ3n) is 4.36. The molecule has 0 unspecified atom stereocenters. The van der Waals surface area contributed by atoms with Crippen LogP contribution in [0.15, 0.2) is 41.4 Å². The van der Waals surface area contributed by atoms with Crippen molar-refractivity contribution in [3.63, 3.8) is 0 Å². The zero-order chi connectivity index (χ0) is 18.8. The fourth-order valence-corrected chi connectivity index (χ4v) is 4.37. The highest BCUT2D eigenvalue weighted by Gasteiger charge is 2.17. The van der Waals surface area contributed by atoms with Gasteiger partial charge in [-0.25, -0.2) is 0 Å². The second kappa shape index (κ2) is 7.78. The van der Waals surface area contributed by atoms with E-state index in [9.17, 15) is 4.79 Å². The molecule has 2 heterocycles. The first-order chi connectivity index (χ1) is 13.2. The average molecular weight is 401 g/mol. The smallest absolute Gasteiger partial charge is 0.279 e. The highest BCUT2D eigenvalue weighted by atomic mass is 32.2. The molecule has 27 heavy (non-hydrogen) atoms. The number of hydrogen-bond acceptors (Lipinski definition) is 5. The first-order valence-electron chi connectivity index (χ1n) is 8.73. The molecule has 140 valence electrons. The van der Waals surface area contributed by atoms with Crippen molar-refractivity contribution in [2.45, 2.75) is 13.5 Å². The van der Waals surface area contributed by atoms with E-state index >= 15 is 0 Å². The lowest BCUT2D eigenvalue weighted by Crippen LogP contribution is -2.18. The fraction of sp³-hybridized carbons (Fsp3) is 0.300. The number of rotatable bonds is 4. The molecule has 0 atom stereocenters. The Hall–Kier alpha value is -2.25. The van der Waals surface area contributed by atoms with Gasteiger partial charge in [0, 0.05) is 30.0 Å². The van der Waals surface area contributed by atoms with Crippen LogP contribution in [0.2, 0.25) is 0 Å². The van der Waals surface area contributed by atoms with Gasteiger partial charge in [-0.2, -0.15) is 16.8 Å². The topological polar surface area (TPSA) is 52.8 Å². The predicted molar refractivity (Wildman–Crippen MR) is 110 cm³/mol. The monoisotopic (exact) mass is 400 g/mol. The van der Waals surface area contributed by atoms with Gasteiger partial charge in [-0.3, -0.25) is 4.79 Å². The summed E-state index contributed by atoms with van der Waals surface area (Å²) in [6.07, 6.45) is 2.07. The van der Waals surface area contributed by atoms with Crippen LogP contribution < -0.4 is 14.3 Å². The molecule has 4 rings (SSSR count). The van der Waals surface area contributed by atoms with Crippen molar-refractivity contribution in [1.82, 2.24) is 4.57 Å². The first-order valence-corrected chi connectivity index (χ1v) is 10.9. The Morgan fingerprint density at radius 3 is 2.59 bits per heavy atom. The number of thioether (sulfide) groups is 1. The van der Waals surface area contributed by atoms with Gasteiger partial charge in [0.15, 0.2) is 16.3 Å². The Morgan fingerprint density at radius 1 is 1.19 bits per heavy atom. The number of aryl methyl sites for hydroxylation is 2. The Kier molecular flexibility index (Phi) is 5.22. The average Bonchev–Trinajstić information content (AvgIpc) is 3.00. The van der Waals surface area contributed by atoms with Crippen molar-refractivity contribution in [2.75, 3.05) is 25.2 Å². The number of fused-ring (bicyclic) bond motifs is 2. The molecular formula is C20H20N2O3S2. The number of aromatic nitrogens is 1. The molecule has 0 saturated heterocycles. The van der Waals surface area contributed by atoms with Gasteiger partial charge >= 0.3 is 0 Å². The van der Waals surface area contributed by atoms with Crippen molar-refractivity contribution in [3.05, 3.63) is 52.3 Å². The molecule has 5 nitrogen and oxygen atoms in total. The summed E-state index contributed by atoms with van der Waals surface area (Å²) in [7, 11) is 0. The molecule has 1 amide bonds. The van der Waals surface area contributed by atoms with Crippen LogP contribution in [0, 0.1) is 6.92 Å². The van der Waals surface area contributed by atoms with Gasteiger partial charge in [0.05, 0.1) is 10.2 Å². The van der Waals surface area contributed by atoms with Crippen molar-refractivity contribution >= 4 is 39.2 Å². The van der Waals surface area contributed by atoms with Gasteiger partial charge in [0.25, 0.3) is 5.91 Å². The maximum Gasteiger partial charge on any atom is 0.279 e. The summed E-state index contributed by atoms with van der Waals surface area (Å²) in [4.78, 5) is 17.8. The molecule has 0 N–H and O–H groups in total. The molecule has 7 heteroatoms. The molecule has 1 aromatic heterocycles. The van der Waals surface area contributed by atoms with E-state index in [-0.39, 0.29) is 5.91 Å². The second-order valence-corrected chi connectivity index (χ2v) is 8.27. The number of amides is 1. The third kappa shape index (κ3) is 3.75. The summed E-state index contributed by atoms with van der Waals surface area (Å²) in [6.45, 7) is 3.89. The number of carbonyl (C=O) groups is 1. The Morgan fingerprint density at radius 2 is 1.89 bits per heavy atom. The van der Waals surface area contributed by atoms with E-state index in [4.69, 9.17) is 9.47 Å². The van der Waals surface area contributed by atoms with Crippen LogP contribution in [-0.4, -0.2) is 35.7 Å². The number of thiazole rings is 1. The van der Waals surface area contributed by atoms with E-state index in [0.29, 0.717) is 23.6 Å². The zero-order valence-electron chi connectivity index (χ0n) is 15.2. The summed E-state index contributed by atoms with van der Waals surface area (Å²) >= 11 is 3.27. The Bertz CT molecular complexity index is 1050. The summed E-state index contributed by atoms with van der Waals surface area (Å²) in [5.74, 6) is 2.22. The largest absolute Gasteiger partial charge is 0.486 e. The van der Waals surface area contributed by atoms with E-state index in [0.717, 1.165) is 39.6 Å². The van der Waals surface area contributed by atoms with Crippen LogP contribution in [0.5, 0.6) is 11.5 Å². The summed E-state index contributed by atoms with van der Waals surface area (Å²) < 4.78 is 14.6. The van der Waals surface area contributed by atoms with Gasteiger partial charge in [-0.15, -0.1) is 0 Å². The van der Waals surface area contributed by atoms with E-state index < -0.39 is 0 Å². The lowest BCUT2D eigenvalue weighted by molar-refractivity contribution is 0.0998. The minimum Gasteiger partial charge on any atom is -0.486 e. The quantitative estimate of drug-likeness (QED) is 0.667. The van der Waals surface area contributed by atoms with Crippen molar-refractivity contribution in [1.29, 1.82) is 0 Å². The highest BCUT2D eigenvalue weighted by Crippen LogP contribution is 2.35. The van der Waals surface area contributed by atoms with Gasteiger partial charge in [-0.1, -0.05) is 29.0 Å². The third-order valence-corrected chi connectivity index (χ3v) is 5.99. The number of nitrogens with zero attached hydrogens (tertiary/aromatic N) is 2. The van der Waals surface area contributed by atoms with E-state index in [2.05, 4.69) is 15.8 Å². The zero-order valence-corrected chi connectivity index (χ0v) is 16.9. The fourth-order valence-electron chi connectivity index (χ4n) is 2.94. The minimum absolute atomic E-state index is 0.225. The van der Waals surface area contributed by atoms with E-state index in [1.165, 1.54) is 11.3 Å². The minimum atomic E-state index is -0.225. The molecule has 0 bridgehead atoms. The van der Waals surface area contributed by atoms with Crippen molar-refractivity contribution < 1.29 is 14.3 Å². The van der Waals surface area contributed by atoms with Gasteiger partial charge in [0.1, 0.15) is 13.2 Å². The number of hydrogen-bond donors (Lipinski definition) is 0. The molecule has 2 aromatic carbocycles. The lowest BCUT2D eigenvalue weighted by Gasteiger charge is -2.18. The molecule has 0 radical (unpaired) electrons. The van der Waals surface area contributed by atoms with Gasteiger partial charge in [-0.05, 0) is 25.3 Å². The normalized spacial score (nSPS) is 13.9. The van der Waals surface area contributed by atoms with E-state index in [1.807, 2.05) is 43.3 Å². The highest BCUT2D eigenvalue weighted by molar-refractivity contribution is 7.98. The Labute approximate surface area is 165 Å². The lowest BCUT2D eigenvalue weighted by atomic mass is 10.1. The Balaban J connectivity index is 1.82. The van der Waals surface area contributed by atoms with Crippen LogP contribution in [0.4, 0.5) is 0 Å². The molecule has 1 aliphatic heterocycles. The molecular weight excluding hydrogens is 380 g/mol. The van der Waals surface area contributed by atoms with E-state index in [1.54, 1.807) is 11.8 Å². The van der Waals surface area contributed by atoms with Crippen molar-refractivity contribution in [2.24, 2.45) is 4.99 Å². The number of benzene rings is 2. The molecule has 0 aliphatic carbocycles. The maximum atomic E-state index is 12.7. The first kappa shape index (κ1) is 18.1. The second-order valence-electron chi connectivity index (χ2n) is 6.28. The van der Waals surface area contributed by atoms with Crippen LogP contribution >= 0.6 is 23.1 Å². The van der Waals surface area contributed by atoms with Gasteiger partial charge < -0.3 is 14.0 Å². The molecule has 0 saturated carbocycles. The molecule has 3 aromatic rings. The van der Waals surface area contributed by atoms with Crippen LogP contribution in [0.25, 0.3) is 10.2 Å². The van der Waals surface area contributed by atoms with Gasteiger partial charge in [0.2, 0.25) is 0 Å². The molecule has 0 fully saturated rings. The summed E-state index contributed by atoms with van der Waals surface area (Å²) in [5.41, 5.74) is 2.74. The van der Waals surface area contributed by atoms with Crippen LogP contribution in [0.3, 0.4) is 0 Å². The standard InChI is InChI=1S/C20H20N2O3S2/c1-13-3-5-14(6-4-13)19(23)21-20-22(7-10-26-2)15-11-16-17(12-18(15)27-20)25-9-8-24-16/h3-6,11-12H,7-10H2,1-2H3. The maximum absolute atomic E-state index is 12.7. The SMILES string of the molecule is CSCCn1c(=NC(=O)c2ccc(C)cc2)sc2cc3c(cc21)OCCO3. The summed E-state index contributed by atoms with van der Waals surface area (Å²) in [5, 5.41) is 0. The number of carbonyl (C=O) groups excluding carboxylic acids is 1. The summed E-state index contributed by atoms with van der Waals surface area (Å²) in [6, 6.07) is 11.5. The number of ether oxygens (including phenoxy) is 2.